The van der Waals surface area contributed by atoms with Crippen LogP contribution in [0.25, 0.3) is 0 Å². The Hall–Kier alpha value is -0.390. The van der Waals surface area contributed by atoms with Crippen molar-refractivity contribution in [1.82, 2.24) is 15.1 Å². The van der Waals surface area contributed by atoms with Crippen molar-refractivity contribution in [1.29, 1.82) is 0 Å². The Balaban J connectivity index is 2.86. The predicted octanol–water partition coefficient (Wildman–Crippen LogP) is 2.09. The Morgan fingerprint density at radius 3 is 2.53 bits per heavy atom. The molecule has 1 aromatic rings. The van der Waals surface area contributed by atoms with Gasteiger partial charge in [-0.15, -0.1) is 0 Å². The van der Waals surface area contributed by atoms with Crippen molar-refractivity contribution in [3.8, 4) is 0 Å². The molecule has 0 radical (unpaired) electrons. The van der Waals surface area contributed by atoms with E-state index in [2.05, 4.69) is 40.2 Å². The highest BCUT2D eigenvalue weighted by Crippen LogP contribution is 2.22. The third kappa shape index (κ3) is 3.53. The Bertz CT molecular complexity index is 374. The Morgan fingerprint density at radius 2 is 2.06 bits per heavy atom. The quantitative estimate of drug-likeness (QED) is 0.846. The molecule has 0 aliphatic rings. The molecule has 0 aromatic carbocycles. The highest BCUT2D eigenvalue weighted by Gasteiger charge is 2.19. The summed E-state index contributed by atoms with van der Waals surface area (Å²) in [6.45, 7) is 9.82. The van der Waals surface area contributed by atoms with E-state index in [1.807, 2.05) is 18.5 Å². The van der Waals surface area contributed by atoms with Crippen molar-refractivity contribution in [2.45, 2.75) is 52.7 Å². The van der Waals surface area contributed by atoms with Crippen molar-refractivity contribution in [3.63, 3.8) is 0 Å². The van der Waals surface area contributed by atoms with Gasteiger partial charge in [-0.05, 0) is 43.1 Å². The molecule has 0 unspecified atom stereocenters. The lowest BCUT2D eigenvalue weighted by atomic mass is 10.1. The van der Waals surface area contributed by atoms with Gasteiger partial charge in [0.15, 0.2) is 0 Å². The molecule has 1 heterocycles. The average Bonchev–Trinajstić information content (AvgIpc) is 2.63. The molecule has 2 N–H and O–H groups in total. The maximum atomic E-state index is 9.22. The molecule has 0 saturated heterocycles. The number of hydrogen-bond acceptors (Lipinski definition) is 3. The first-order valence-corrected chi connectivity index (χ1v) is 6.84. The summed E-state index contributed by atoms with van der Waals surface area (Å²) in [6, 6.07) is 0. The lowest BCUT2D eigenvalue weighted by Crippen LogP contribution is -2.42. The van der Waals surface area contributed by atoms with Crippen LogP contribution in [0.15, 0.2) is 4.47 Å². The van der Waals surface area contributed by atoms with Crippen molar-refractivity contribution in [2.24, 2.45) is 0 Å². The SMILES string of the molecule is CCc1nn(CC)c(CNC(C)(C)CO)c1Br. The molecule has 5 heteroatoms. The number of nitrogens with one attached hydrogen (secondary N) is 1. The molecular weight excluding hydrogens is 282 g/mol. The van der Waals surface area contributed by atoms with Gasteiger partial charge in [-0.2, -0.15) is 5.10 Å². The Morgan fingerprint density at radius 1 is 1.41 bits per heavy atom. The van der Waals surface area contributed by atoms with Crippen LogP contribution in [0, 0.1) is 0 Å². The van der Waals surface area contributed by atoms with Crippen molar-refractivity contribution >= 4 is 15.9 Å². The second kappa shape index (κ2) is 5.98. The first kappa shape index (κ1) is 14.7. The van der Waals surface area contributed by atoms with Gasteiger partial charge in [-0.3, -0.25) is 4.68 Å². The first-order chi connectivity index (χ1) is 7.95. The summed E-state index contributed by atoms with van der Waals surface area (Å²) in [6.07, 6.45) is 0.921. The summed E-state index contributed by atoms with van der Waals surface area (Å²) in [5, 5.41) is 17.1. The van der Waals surface area contributed by atoms with Crippen molar-refractivity contribution in [3.05, 3.63) is 15.9 Å². The van der Waals surface area contributed by atoms with E-state index in [9.17, 15) is 5.11 Å². The predicted molar refractivity (Wildman–Crippen MR) is 73.0 cm³/mol. The molecular formula is C12H22BrN3O. The van der Waals surface area contributed by atoms with Gasteiger partial charge in [-0.1, -0.05) is 6.92 Å². The van der Waals surface area contributed by atoms with Crippen LogP contribution < -0.4 is 5.32 Å². The molecule has 1 aromatic heterocycles. The second-order valence-electron chi connectivity index (χ2n) is 4.77. The van der Waals surface area contributed by atoms with Gasteiger partial charge < -0.3 is 10.4 Å². The fourth-order valence-electron chi connectivity index (χ4n) is 1.57. The smallest absolute Gasteiger partial charge is 0.0767 e. The molecule has 17 heavy (non-hydrogen) atoms. The topological polar surface area (TPSA) is 50.1 Å². The molecule has 0 aliphatic carbocycles. The number of hydrogen-bond donors (Lipinski definition) is 2. The van der Waals surface area contributed by atoms with E-state index in [1.165, 1.54) is 0 Å². The van der Waals surface area contributed by atoms with Crippen LogP contribution in [0.1, 0.15) is 39.1 Å². The minimum absolute atomic E-state index is 0.117. The molecule has 98 valence electrons. The lowest BCUT2D eigenvalue weighted by molar-refractivity contribution is 0.186. The molecule has 4 nitrogen and oxygen atoms in total. The molecule has 0 amide bonds. The van der Waals surface area contributed by atoms with Crippen LogP contribution in [0.2, 0.25) is 0 Å². The van der Waals surface area contributed by atoms with Gasteiger partial charge in [-0.25, -0.2) is 0 Å². The second-order valence-corrected chi connectivity index (χ2v) is 5.57. The highest BCUT2D eigenvalue weighted by atomic mass is 79.9. The van der Waals surface area contributed by atoms with Crippen LogP contribution in [0.4, 0.5) is 0 Å². The molecule has 0 atom stereocenters. The number of aliphatic hydroxyl groups excluding tert-OH is 1. The van der Waals surface area contributed by atoms with E-state index in [4.69, 9.17) is 0 Å². The maximum absolute atomic E-state index is 9.22. The first-order valence-electron chi connectivity index (χ1n) is 6.05. The van der Waals surface area contributed by atoms with E-state index in [-0.39, 0.29) is 12.1 Å². The standard InChI is InChI=1S/C12H22BrN3O/c1-5-9-11(13)10(16(6-2)15-9)7-14-12(3,4)8-17/h14,17H,5-8H2,1-4H3. The molecule has 0 bridgehead atoms. The van der Waals surface area contributed by atoms with Gasteiger partial charge in [0.1, 0.15) is 0 Å². The van der Waals surface area contributed by atoms with Gasteiger partial charge in [0.25, 0.3) is 0 Å². The zero-order chi connectivity index (χ0) is 13.1. The van der Waals surface area contributed by atoms with E-state index >= 15 is 0 Å². The number of halogens is 1. The van der Waals surface area contributed by atoms with Gasteiger partial charge in [0.2, 0.25) is 0 Å². The van der Waals surface area contributed by atoms with Crippen molar-refractivity contribution in [2.75, 3.05) is 6.61 Å². The van der Waals surface area contributed by atoms with E-state index < -0.39 is 0 Å². The van der Waals surface area contributed by atoms with Crippen molar-refractivity contribution < 1.29 is 5.11 Å². The van der Waals surface area contributed by atoms with E-state index in [1.54, 1.807) is 0 Å². The van der Waals surface area contributed by atoms with E-state index in [0.717, 1.165) is 28.8 Å². The van der Waals surface area contributed by atoms with Crippen LogP contribution in [0.5, 0.6) is 0 Å². The average molecular weight is 304 g/mol. The minimum Gasteiger partial charge on any atom is -0.394 e. The number of aliphatic hydroxyl groups is 1. The monoisotopic (exact) mass is 303 g/mol. The normalized spacial score (nSPS) is 12.1. The Labute approximate surface area is 112 Å². The number of nitrogens with zero attached hydrogens (tertiary/aromatic N) is 2. The van der Waals surface area contributed by atoms with Crippen LogP contribution in [-0.2, 0) is 19.5 Å². The Kier molecular flexibility index (Phi) is 5.16. The summed E-state index contributed by atoms with van der Waals surface area (Å²) < 4.78 is 3.09. The summed E-state index contributed by atoms with van der Waals surface area (Å²) >= 11 is 3.61. The summed E-state index contributed by atoms with van der Waals surface area (Å²) in [4.78, 5) is 0. The van der Waals surface area contributed by atoms with Crippen LogP contribution in [0.3, 0.4) is 0 Å². The van der Waals surface area contributed by atoms with E-state index in [0.29, 0.717) is 6.54 Å². The minimum atomic E-state index is -0.269. The molecule has 0 fully saturated rings. The zero-order valence-electron chi connectivity index (χ0n) is 11.0. The maximum Gasteiger partial charge on any atom is 0.0767 e. The summed E-state index contributed by atoms with van der Waals surface area (Å²) in [5.41, 5.74) is 1.96. The van der Waals surface area contributed by atoms with Gasteiger partial charge in [0.05, 0.1) is 22.5 Å². The van der Waals surface area contributed by atoms with Crippen LogP contribution >= 0.6 is 15.9 Å². The van der Waals surface area contributed by atoms with Gasteiger partial charge >= 0.3 is 0 Å². The van der Waals surface area contributed by atoms with Crippen LogP contribution in [-0.4, -0.2) is 27.0 Å². The largest absolute Gasteiger partial charge is 0.394 e. The van der Waals surface area contributed by atoms with Gasteiger partial charge in [0, 0.05) is 18.6 Å². The summed E-state index contributed by atoms with van der Waals surface area (Å²) in [5.74, 6) is 0. The summed E-state index contributed by atoms with van der Waals surface area (Å²) in [7, 11) is 0. The lowest BCUT2D eigenvalue weighted by Gasteiger charge is -2.23. The number of aryl methyl sites for hydroxylation is 2. The number of rotatable bonds is 6. The number of aromatic nitrogens is 2. The molecule has 0 spiro atoms. The fourth-order valence-corrected chi connectivity index (χ4v) is 2.27. The molecule has 1 rings (SSSR count). The fraction of sp³-hybridized carbons (Fsp3) is 0.750. The molecule has 0 saturated carbocycles. The molecule has 0 aliphatic heterocycles. The zero-order valence-corrected chi connectivity index (χ0v) is 12.6. The third-order valence-corrected chi connectivity index (χ3v) is 3.74. The third-order valence-electron chi connectivity index (χ3n) is 2.82. The highest BCUT2D eigenvalue weighted by molar-refractivity contribution is 9.10.